The van der Waals surface area contributed by atoms with Gasteiger partial charge in [-0.1, -0.05) is 28.1 Å². The van der Waals surface area contributed by atoms with Gasteiger partial charge in [0.2, 0.25) is 17.7 Å². The van der Waals surface area contributed by atoms with E-state index < -0.39 is 10.8 Å². The number of carbonyl (C=O) groups excluding carboxylic acids is 2. The SMILES string of the molecule is Cc1c(Br)cccc1CNc1ncc([N+](=O)[O-])c(NC[C@H]2CC[C@H](N(CC=O)CC(N)=O)CC2)n1. The van der Waals surface area contributed by atoms with Gasteiger partial charge in [0.1, 0.15) is 12.5 Å². The number of amides is 1. The average molecular weight is 548 g/mol. The molecule has 1 aliphatic carbocycles. The third kappa shape index (κ3) is 7.43. The van der Waals surface area contributed by atoms with Gasteiger partial charge in [0.25, 0.3) is 0 Å². The number of rotatable bonds is 12. The van der Waals surface area contributed by atoms with Crippen molar-refractivity contribution in [2.45, 2.75) is 45.2 Å². The van der Waals surface area contributed by atoms with Crippen molar-refractivity contribution in [2.75, 3.05) is 30.3 Å². The molecule has 1 saturated carbocycles. The van der Waals surface area contributed by atoms with Crippen LogP contribution in [0.4, 0.5) is 17.5 Å². The van der Waals surface area contributed by atoms with Crippen molar-refractivity contribution >= 4 is 45.6 Å². The Kier molecular flexibility index (Phi) is 9.49. The highest BCUT2D eigenvalue weighted by molar-refractivity contribution is 9.10. The molecule has 0 aliphatic heterocycles. The number of nitrogens with zero attached hydrogens (tertiary/aromatic N) is 4. The fourth-order valence-corrected chi connectivity index (χ4v) is 4.74. The standard InChI is InChI=1S/C23H30BrN7O4/c1-15-17(3-2-4-19(15)24)12-27-23-28-13-20(31(34)35)22(29-23)26-11-16-5-7-18(8-6-16)30(9-10-32)14-21(25)33/h2-4,10,13,16,18H,5-9,11-12,14H2,1H3,(H2,25,33)(H2,26,27,28,29)/t16-,18-. The number of benzene rings is 1. The van der Waals surface area contributed by atoms with Gasteiger partial charge in [-0.15, -0.1) is 0 Å². The zero-order valence-corrected chi connectivity index (χ0v) is 21.2. The van der Waals surface area contributed by atoms with Crippen LogP contribution in [-0.4, -0.2) is 57.7 Å². The Morgan fingerprint density at radius 3 is 2.71 bits per heavy atom. The van der Waals surface area contributed by atoms with Gasteiger partial charge in [0.15, 0.2) is 0 Å². The number of carbonyl (C=O) groups is 2. The highest BCUT2D eigenvalue weighted by atomic mass is 79.9. The first kappa shape index (κ1) is 26.5. The number of aldehydes is 1. The number of anilines is 2. The number of aromatic nitrogens is 2. The second-order valence-electron chi connectivity index (χ2n) is 8.68. The number of primary amides is 1. The minimum absolute atomic E-state index is 0.0642. The Bertz CT molecular complexity index is 1060. The van der Waals surface area contributed by atoms with Crippen molar-refractivity contribution in [3.8, 4) is 0 Å². The van der Waals surface area contributed by atoms with Gasteiger partial charge < -0.3 is 21.2 Å². The van der Waals surface area contributed by atoms with E-state index in [0.717, 1.165) is 47.6 Å². The van der Waals surface area contributed by atoms with Crippen LogP contribution < -0.4 is 16.4 Å². The molecule has 12 heteroatoms. The number of nitrogens with two attached hydrogens (primary N) is 1. The predicted molar refractivity (Wildman–Crippen MR) is 136 cm³/mol. The largest absolute Gasteiger partial charge is 0.369 e. The second-order valence-corrected chi connectivity index (χ2v) is 9.53. The summed E-state index contributed by atoms with van der Waals surface area (Å²) in [5, 5.41) is 17.8. The van der Waals surface area contributed by atoms with Crippen LogP contribution in [0.5, 0.6) is 0 Å². The molecule has 11 nitrogen and oxygen atoms in total. The van der Waals surface area contributed by atoms with Gasteiger partial charge in [-0.3, -0.25) is 19.8 Å². The maximum atomic E-state index is 11.5. The molecule has 0 saturated heterocycles. The zero-order valence-electron chi connectivity index (χ0n) is 19.6. The normalized spacial score (nSPS) is 17.7. The zero-order chi connectivity index (χ0) is 25.4. The predicted octanol–water partition coefficient (Wildman–Crippen LogP) is 3.02. The number of hydrogen-bond donors (Lipinski definition) is 3. The molecular formula is C23H30BrN7O4. The third-order valence-corrected chi connectivity index (χ3v) is 7.20. The van der Waals surface area contributed by atoms with Crippen LogP contribution in [-0.2, 0) is 16.1 Å². The maximum Gasteiger partial charge on any atom is 0.329 e. The lowest BCUT2D eigenvalue weighted by atomic mass is 9.85. The fourth-order valence-electron chi connectivity index (χ4n) is 4.34. The van der Waals surface area contributed by atoms with E-state index in [9.17, 15) is 19.7 Å². The first-order valence-corrected chi connectivity index (χ1v) is 12.3. The van der Waals surface area contributed by atoms with E-state index in [-0.39, 0.29) is 36.6 Å². The summed E-state index contributed by atoms with van der Waals surface area (Å²) in [5.74, 6) is 0.313. The molecule has 0 atom stereocenters. The van der Waals surface area contributed by atoms with Crippen molar-refractivity contribution in [1.29, 1.82) is 0 Å². The summed E-state index contributed by atoms with van der Waals surface area (Å²) in [6.45, 7) is 3.26. The van der Waals surface area contributed by atoms with Gasteiger partial charge in [-0.2, -0.15) is 4.98 Å². The molecule has 1 aliphatic rings. The highest BCUT2D eigenvalue weighted by Crippen LogP contribution is 2.29. The Morgan fingerprint density at radius 1 is 1.31 bits per heavy atom. The molecule has 0 spiro atoms. The summed E-state index contributed by atoms with van der Waals surface area (Å²) in [6.07, 6.45) is 5.35. The molecule has 2 aromatic rings. The number of halogens is 1. The fraction of sp³-hybridized carbons (Fsp3) is 0.478. The van der Waals surface area contributed by atoms with Crippen LogP contribution >= 0.6 is 15.9 Å². The Hall–Kier alpha value is -3.12. The van der Waals surface area contributed by atoms with Crippen molar-refractivity contribution in [2.24, 2.45) is 11.7 Å². The minimum atomic E-state index is -0.497. The van der Waals surface area contributed by atoms with Crippen molar-refractivity contribution < 1.29 is 14.5 Å². The van der Waals surface area contributed by atoms with Gasteiger partial charge in [-0.05, 0) is 55.7 Å². The van der Waals surface area contributed by atoms with Crippen molar-refractivity contribution in [3.05, 3.63) is 50.1 Å². The van der Waals surface area contributed by atoms with Gasteiger partial charge in [0, 0.05) is 23.6 Å². The monoisotopic (exact) mass is 547 g/mol. The van der Waals surface area contributed by atoms with Crippen LogP contribution in [0, 0.1) is 23.0 Å². The first-order chi connectivity index (χ1) is 16.8. The van der Waals surface area contributed by atoms with Crippen LogP contribution in [0.1, 0.15) is 36.8 Å². The Labute approximate surface area is 212 Å². The van der Waals surface area contributed by atoms with Crippen molar-refractivity contribution in [1.82, 2.24) is 14.9 Å². The summed E-state index contributed by atoms with van der Waals surface area (Å²) in [4.78, 5) is 43.6. The van der Waals surface area contributed by atoms with E-state index in [1.165, 1.54) is 6.20 Å². The lowest BCUT2D eigenvalue weighted by Gasteiger charge is -2.35. The molecular weight excluding hydrogens is 518 g/mol. The van der Waals surface area contributed by atoms with Crippen LogP contribution in [0.3, 0.4) is 0 Å². The molecule has 4 N–H and O–H groups in total. The molecule has 1 aromatic carbocycles. The summed E-state index contributed by atoms with van der Waals surface area (Å²) in [7, 11) is 0. The smallest absolute Gasteiger partial charge is 0.329 e. The van der Waals surface area contributed by atoms with Gasteiger partial charge >= 0.3 is 5.69 Å². The number of hydrogen-bond acceptors (Lipinski definition) is 9. The maximum absolute atomic E-state index is 11.5. The van der Waals surface area contributed by atoms with Gasteiger partial charge in [0.05, 0.1) is 18.0 Å². The van der Waals surface area contributed by atoms with Crippen LogP contribution in [0.15, 0.2) is 28.9 Å². The molecule has 0 bridgehead atoms. The molecule has 1 fully saturated rings. The topological polar surface area (TPSA) is 156 Å². The van der Waals surface area contributed by atoms with E-state index in [2.05, 4.69) is 36.5 Å². The molecule has 1 amide bonds. The molecule has 0 radical (unpaired) electrons. The summed E-state index contributed by atoms with van der Waals surface area (Å²) in [6, 6.07) is 6.02. The lowest BCUT2D eigenvalue weighted by Crippen LogP contribution is -2.44. The highest BCUT2D eigenvalue weighted by Gasteiger charge is 2.27. The summed E-state index contributed by atoms with van der Waals surface area (Å²) >= 11 is 3.51. The van der Waals surface area contributed by atoms with E-state index in [1.807, 2.05) is 30.0 Å². The molecule has 0 unspecified atom stereocenters. The Morgan fingerprint density at radius 2 is 2.06 bits per heavy atom. The molecule has 1 aromatic heterocycles. The number of nitrogens with one attached hydrogen (secondary N) is 2. The molecule has 3 rings (SSSR count). The average Bonchev–Trinajstić information content (AvgIpc) is 2.83. The first-order valence-electron chi connectivity index (χ1n) is 11.5. The quantitative estimate of drug-likeness (QED) is 0.206. The van der Waals surface area contributed by atoms with Gasteiger partial charge in [-0.25, -0.2) is 4.98 Å². The van der Waals surface area contributed by atoms with Crippen molar-refractivity contribution in [3.63, 3.8) is 0 Å². The van der Waals surface area contributed by atoms with E-state index in [1.54, 1.807) is 0 Å². The Balaban J connectivity index is 1.60. The molecule has 35 heavy (non-hydrogen) atoms. The lowest BCUT2D eigenvalue weighted by molar-refractivity contribution is -0.384. The third-order valence-electron chi connectivity index (χ3n) is 6.34. The minimum Gasteiger partial charge on any atom is -0.369 e. The number of nitro groups is 1. The van der Waals surface area contributed by atoms with Crippen LogP contribution in [0.25, 0.3) is 0 Å². The van der Waals surface area contributed by atoms with E-state index in [4.69, 9.17) is 5.73 Å². The van der Waals surface area contributed by atoms with E-state index in [0.29, 0.717) is 19.0 Å². The summed E-state index contributed by atoms with van der Waals surface area (Å²) in [5.41, 5.74) is 7.29. The van der Waals surface area contributed by atoms with E-state index >= 15 is 0 Å². The summed E-state index contributed by atoms with van der Waals surface area (Å²) < 4.78 is 1.00. The van der Waals surface area contributed by atoms with Crippen LogP contribution in [0.2, 0.25) is 0 Å². The second kappa shape index (κ2) is 12.5. The molecule has 188 valence electrons. The molecule has 1 heterocycles.